The molecule has 1 aromatic carbocycles. The smallest absolute Gasteiger partial charge is 0.321 e. The van der Waals surface area contributed by atoms with Crippen LogP contribution < -0.4 is 15.4 Å². The zero-order valence-electron chi connectivity index (χ0n) is 18.8. The Kier molecular flexibility index (Phi) is 10.1. The van der Waals surface area contributed by atoms with Gasteiger partial charge in [0.25, 0.3) is 5.91 Å². The van der Waals surface area contributed by atoms with Gasteiger partial charge in [-0.05, 0) is 62.4 Å². The predicted octanol–water partition coefficient (Wildman–Crippen LogP) is 0.913. The van der Waals surface area contributed by atoms with E-state index in [-0.39, 0.29) is 31.0 Å². The summed E-state index contributed by atoms with van der Waals surface area (Å²) in [4.78, 5) is 35.0. The number of sulfonamides is 1. The van der Waals surface area contributed by atoms with Crippen molar-refractivity contribution < 1.29 is 32.3 Å². The first kappa shape index (κ1) is 26.5. The fraction of sp³-hybridized carbons (Fsp3) is 0.550. The molecule has 31 heavy (non-hydrogen) atoms. The Morgan fingerprint density at radius 3 is 1.97 bits per heavy atom. The highest BCUT2D eigenvalue weighted by Gasteiger charge is 2.23. The molecule has 174 valence electrons. The molecule has 0 aliphatic heterocycles. The maximum absolute atomic E-state index is 12.8. The van der Waals surface area contributed by atoms with Gasteiger partial charge in [-0.3, -0.25) is 14.9 Å². The summed E-state index contributed by atoms with van der Waals surface area (Å²) in [6.45, 7) is 8.85. The van der Waals surface area contributed by atoms with E-state index in [4.69, 9.17) is 9.47 Å². The van der Waals surface area contributed by atoms with E-state index in [0.717, 1.165) is 16.7 Å². The lowest BCUT2D eigenvalue weighted by atomic mass is 9.95. The number of carbonyl (C=O) groups excluding carboxylic acids is 3. The molecule has 11 heteroatoms. The molecule has 0 bridgehead atoms. The fourth-order valence-electron chi connectivity index (χ4n) is 2.92. The van der Waals surface area contributed by atoms with E-state index in [0.29, 0.717) is 11.1 Å². The Hall–Kier alpha value is -2.50. The molecule has 3 amide bonds. The highest BCUT2D eigenvalue weighted by molar-refractivity contribution is 7.89. The molecule has 0 fully saturated rings. The lowest BCUT2D eigenvalue weighted by Gasteiger charge is -2.19. The second-order valence-electron chi connectivity index (χ2n) is 7.06. The Bertz CT molecular complexity index is 914. The van der Waals surface area contributed by atoms with Crippen molar-refractivity contribution >= 4 is 27.9 Å². The molecule has 0 aliphatic rings. The van der Waals surface area contributed by atoms with Crippen LogP contribution in [-0.2, 0) is 29.1 Å². The number of ether oxygens (including phenoxy) is 2. The number of methoxy groups -OCH3 is 1. The van der Waals surface area contributed by atoms with E-state index < -0.39 is 34.5 Å². The van der Waals surface area contributed by atoms with Crippen LogP contribution in [0.5, 0.6) is 0 Å². The molecule has 1 rings (SSSR count). The molecule has 0 aliphatic carbocycles. The van der Waals surface area contributed by atoms with Gasteiger partial charge in [0.05, 0.1) is 17.9 Å². The average molecular weight is 458 g/mol. The van der Waals surface area contributed by atoms with Crippen molar-refractivity contribution in [3.05, 3.63) is 27.8 Å². The van der Waals surface area contributed by atoms with Gasteiger partial charge < -0.3 is 14.8 Å². The minimum Gasteiger partial charge on any atom is -0.456 e. The zero-order chi connectivity index (χ0) is 23.8. The van der Waals surface area contributed by atoms with E-state index in [9.17, 15) is 22.8 Å². The molecule has 0 radical (unpaired) electrons. The van der Waals surface area contributed by atoms with Crippen LogP contribution >= 0.6 is 0 Å². The van der Waals surface area contributed by atoms with Crippen LogP contribution in [0.2, 0.25) is 0 Å². The van der Waals surface area contributed by atoms with Crippen LogP contribution in [0.25, 0.3) is 0 Å². The van der Waals surface area contributed by atoms with Crippen molar-refractivity contribution in [2.45, 2.75) is 45.9 Å². The maximum Gasteiger partial charge on any atom is 0.321 e. The van der Waals surface area contributed by atoms with E-state index in [2.05, 4.69) is 10.0 Å². The van der Waals surface area contributed by atoms with E-state index in [1.807, 2.05) is 26.1 Å². The summed E-state index contributed by atoms with van der Waals surface area (Å²) >= 11 is 0. The monoisotopic (exact) mass is 457 g/mol. The van der Waals surface area contributed by atoms with E-state index in [1.54, 1.807) is 13.8 Å². The average Bonchev–Trinajstić information content (AvgIpc) is 2.69. The first-order chi connectivity index (χ1) is 14.4. The molecule has 0 atom stereocenters. The van der Waals surface area contributed by atoms with Crippen molar-refractivity contribution in [2.75, 3.05) is 33.4 Å². The molecule has 3 N–H and O–H groups in total. The standard InChI is InChI=1S/C20H31N3O7S/c1-12-13(2)15(4)19(16(5)14(12)3)31(27,28)22-8-7-18(25)30-11-17(24)23-20(26)21-9-10-29-6/h22H,7-11H2,1-6H3,(H2,21,23,24,26). The van der Waals surface area contributed by atoms with Crippen LogP contribution in [0, 0.1) is 34.6 Å². The number of rotatable bonds is 10. The van der Waals surface area contributed by atoms with Gasteiger partial charge in [-0.15, -0.1) is 0 Å². The van der Waals surface area contributed by atoms with Crippen LogP contribution in [0.4, 0.5) is 4.79 Å². The molecular weight excluding hydrogens is 426 g/mol. The Balaban J connectivity index is 2.56. The van der Waals surface area contributed by atoms with Crippen LogP contribution in [-0.4, -0.2) is 59.7 Å². The van der Waals surface area contributed by atoms with Gasteiger partial charge in [-0.1, -0.05) is 0 Å². The number of hydrogen-bond acceptors (Lipinski definition) is 7. The number of urea groups is 1. The van der Waals surface area contributed by atoms with Gasteiger partial charge in [-0.25, -0.2) is 17.9 Å². The highest BCUT2D eigenvalue weighted by atomic mass is 32.2. The highest BCUT2D eigenvalue weighted by Crippen LogP contribution is 2.29. The second kappa shape index (κ2) is 11.8. The summed E-state index contributed by atoms with van der Waals surface area (Å²) in [6, 6.07) is -0.736. The lowest BCUT2D eigenvalue weighted by Crippen LogP contribution is -2.42. The number of benzene rings is 1. The molecule has 1 aromatic rings. The number of hydrogen-bond donors (Lipinski definition) is 3. The van der Waals surface area contributed by atoms with Gasteiger partial charge in [0.1, 0.15) is 0 Å². The largest absolute Gasteiger partial charge is 0.456 e. The molecule has 0 unspecified atom stereocenters. The van der Waals surface area contributed by atoms with Crippen molar-refractivity contribution in [3.8, 4) is 0 Å². The third-order valence-corrected chi connectivity index (χ3v) is 6.76. The van der Waals surface area contributed by atoms with Crippen molar-refractivity contribution in [1.82, 2.24) is 15.4 Å². The van der Waals surface area contributed by atoms with Crippen LogP contribution in [0.15, 0.2) is 4.90 Å². The van der Waals surface area contributed by atoms with E-state index >= 15 is 0 Å². The fourth-order valence-corrected chi connectivity index (χ4v) is 4.55. The molecule has 0 spiro atoms. The Morgan fingerprint density at radius 1 is 0.871 bits per heavy atom. The van der Waals surface area contributed by atoms with Gasteiger partial charge in [0, 0.05) is 20.2 Å². The van der Waals surface area contributed by atoms with Gasteiger partial charge >= 0.3 is 12.0 Å². The second-order valence-corrected chi connectivity index (χ2v) is 8.76. The summed E-state index contributed by atoms with van der Waals surface area (Å²) in [7, 11) is -2.37. The number of imide groups is 1. The minimum absolute atomic E-state index is 0.189. The first-order valence-electron chi connectivity index (χ1n) is 9.71. The van der Waals surface area contributed by atoms with Crippen molar-refractivity contribution in [3.63, 3.8) is 0 Å². The van der Waals surface area contributed by atoms with Gasteiger partial charge in [-0.2, -0.15) is 0 Å². The maximum atomic E-state index is 12.8. The number of nitrogens with one attached hydrogen (secondary N) is 3. The molecule has 0 saturated heterocycles. The van der Waals surface area contributed by atoms with Crippen molar-refractivity contribution in [1.29, 1.82) is 0 Å². The number of carbonyl (C=O) groups is 3. The summed E-state index contributed by atoms with van der Waals surface area (Å²) in [5.74, 6) is -1.58. The first-order valence-corrected chi connectivity index (χ1v) is 11.2. The summed E-state index contributed by atoms with van der Waals surface area (Å²) < 4.78 is 37.5. The molecular formula is C20H31N3O7S. The van der Waals surface area contributed by atoms with E-state index in [1.165, 1.54) is 7.11 Å². The normalized spacial score (nSPS) is 11.2. The van der Waals surface area contributed by atoms with Crippen LogP contribution in [0.3, 0.4) is 0 Å². The molecule has 0 heterocycles. The van der Waals surface area contributed by atoms with Gasteiger partial charge in [0.2, 0.25) is 10.0 Å². The quantitative estimate of drug-likeness (QED) is 0.350. The van der Waals surface area contributed by atoms with Crippen LogP contribution in [0.1, 0.15) is 34.2 Å². The predicted molar refractivity (Wildman–Crippen MR) is 114 cm³/mol. The van der Waals surface area contributed by atoms with Gasteiger partial charge in [0.15, 0.2) is 6.61 Å². The summed E-state index contributed by atoms with van der Waals surface area (Å²) in [6.07, 6.45) is -0.269. The number of esters is 1. The minimum atomic E-state index is -3.84. The summed E-state index contributed by atoms with van der Waals surface area (Å²) in [5, 5.41) is 4.37. The number of amides is 3. The third kappa shape index (κ3) is 7.60. The molecule has 0 saturated carbocycles. The Labute approximate surface area is 183 Å². The topological polar surface area (TPSA) is 140 Å². The summed E-state index contributed by atoms with van der Waals surface area (Å²) in [5.41, 5.74) is 4.18. The zero-order valence-corrected chi connectivity index (χ0v) is 19.6. The van der Waals surface area contributed by atoms with Crippen molar-refractivity contribution in [2.24, 2.45) is 0 Å². The Morgan fingerprint density at radius 2 is 1.42 bits per heavy atom. The molecule has 10 nitrogen and oxygen atoms in total. The molecule has 0 aromatic heterocycles. The third-order valence-electron chi connectivity index (χ3n) is 5.03. The lowest BCUT2D eigenvalue weighted by molar-refractivity contribution is -0.148. The SMILES string of the molecule is COCCNC(=O)NC(=O)COC(=O)CCNS(=O)(=O)c1c(C)c(C)c(C)c(C)c1C.